The summed E-state index contributed by atoms with van der Waals surface area (Å²) in [6.45, 7) is 8.94. The minimum atomic E-state index is -0.484. The normalized spacial score (nSPS) is 22.3. The minimum Gasteiger partial charge on any atom is -0.382 e. The van der Waals surface area contributed by atoms with Gasteiger partial charge in [-0.05, 0) is 18.1 Å². The molecule has 0 spiro atoms. The predicted molar refractivity (Wildman–Crippen MR) is 93.2 cm³/mol. The third kappa shape index (κ3) is 4.05. The van der Waals surface area contributed by atoms with Crippen LogP contribution in [-0.2, 0) is 9.63 Å². The molecule has 1 aromatic rings. The molecule has 126 valence electrons. The summed E-state index contributed by atoms with van der Waals surface area (Å²) in [6.07, 6.45) is 0.0459. The zero-order valence-electron chi connectivity index (χ0n) is 13.5. The highest BCUT2D eigenvalue weighted by molar-refractivity contribution is 7.18. The van der Waals surface area contributed by atoms with Gasteiger partial charge in [0.15, 0.2) is 0 Å². The van der Waals surface area contributed by atoms with E-state index >= 15 is 0 Å². The van der Waals surface area contributed by atoms with Crippen LogP contribution < -0.4 is 0 Å². The number of amides is 1. The first-order chi connectivity index (χ1) is 11.0. The SMILES string of the molecule is CC(C)CN1CCN(C(=O)C2CC(c3ccc(Cl)s3)=NO2)CC1. The second kappa shape index (κ2) is 7.20. The zero-order valence-corrected chi connectivity index (χ0v) is 15.1. The van der Waals surface area contributed by atoms with Crippen molar-refractivity contribution in [1.82, 2.24) is 9.80 Å². The molecule has 1 amide bonds. The van der Waals surface area contributed by atoms with Crippen molar-refractivity contribution < 1.29 is 9.63 Å². The summed E-state index contributed by atoms with van der Waals surface area (Å²) in [4.78, 5) is 23.3. The summed E-state index contributed by atoms with van der Waals surface area (Å²) < 4.78 is 0.721. The van der Waals surface area contributed by atoms with Crippen molar-refractivity contribution in [2.45, 2.75) is 26.4 Å². The number of nitrogens with zero attached hydrogens (tertiary/aromatic N) is 3. The maximum atomic E-state index is 12.6. The maximum Gasteiger partial charge on any atom is 0.266 e. The standard InChI is InChI=1S/C16H22ClN3O2S/c1-11(2)10-19-5-7-20(8-6-19)16(21)13-9-12(18-22-13)14-3-4-15(17)23-14/h3-4,11,13H,5-10H2,1-2H3. The number of carbonyl (C=O) groups excluding carboxylic acids is 1. The van der Waals surface area contributed by atoms with Gasteiger partial charge in [-0.3, -0.25) is 9.69 Å². The molecular weight excluding hydrogens is 334 g/mol. The topological polar surface area (TPSA) is 45.1 Å². The van der Waals surface area contributed by atoms with Crippen LogP contribution in [0.15, 0.2) is 17.3 Å². The third-order valence-electron chi connectivity index (χ3n) is 4.11. The van der Waals surface area contributed by atoms with Gasteiger partial charge in [0.25, 0.3) is 5.91 Å². The van der Waals surface area contributed by atoms with E-state index in [2.05, 4.69) is 23.9 Å². The first-order valence-electron chi connectivity index (χ1n) is 8.02. The number of oxime groups is 1. The van der Waals surface area contributed by atoms with E-state index in [4.69, 9.17) is 16.4 Å². The molecule has 0 bridgehead atoms. The van der Waals surface area contributed by atoms with Crippen LogP contribution in [0.25, 0.3) is 0 Å². The number of halogens is 1. The molecule has 2 aliphatic heterocycles. The van der Waals surface area contributed by atoms with Crippen LogP contribution in [0.5, 0.6) is 0 Å². The Bertz CT molecular complexity index is 594. The van der Waals surface area contributed by atoms with Crippen LogP contribution in [0.4, 0.5) is 0 Å². The Hall–Kier alpha value is -1.11. The van der Waals surface area contributed by atoms with Crippen molar-refractivity contribution in [3.63, 3.8) is 0 Å². The molecule has 3 heterocycles. The lowest BCUT2D eigenvalue weighted by atomic mass is 10.1. The van der Waals surface area contributed by atoms with Gasteiger partial charge in [-0.2, -0.15) is 0 Å². The van der Waals surface area contributed by atoms with Crippen LogP contribution in [0.1, 0.15) is 25.1 Å². The molecule has 1 unspecified atom stereocenters. The van der Waals surface area contributed by atoms with E-state index < -0.39 is 6.10 Å². The third-order valence-corrected chi connectivity index (χ3v) is 5.39. The average molecular weight is 356 g/mol. The largest absolute Gasteiger partial charge is 0.382 e. The van der Waals surface area contributed by atoms with Gasteiger partial charge in [0, 0.05) is 39.1 Å². The van der Waals surface area contributed by atoms with Crippen molar-refractivity contribution >= 4 is 34.6 Å². The number of thiophene rings is 1. The summed E-state index contributed by atoms with van der Waals surface area (Å²) in [5.41, 5.74) is 0.818. The molecule has 0 aliphatic carbocycles. The molecule has 1 fully saturated rings. The van der Waals surface area contributed by atoms with Gasteiger partial charge in [-0.1, -0.05) is 30.6 Å². The van der Waals surface area contributed by atoms with Crippen LogP contribution in [0.2, 0.25) is 4.34 Å². The van der Waals surface area contributed by atoms with Gasteiger partial charge in [-0.25, -0.2) is 0 Å². The molecule has 3 rings (SSSR count). The van der Waals surface area contributed by atoms with E-state index in [1.165, 1.54) is 11.3 Å². The zero-order chi connectivity index (χ0) is 16.4. The fraction of sp³-hybridized carbons (Fsp3) is 0.625. The molecule has 0 N–H and O–H groups in total. The lowest BCUT2D eigenvalue weighted by Crippen LogP contribution is -2.52. The average Bonchev–Trinajstić information content (AvgIpc) is 3.15. The summed E-state index contributed by atoms with van der Waals surface area (Å²) in [5, 5.41) is 4.08. The molecule has 0 aromatic carbocycles. The quantitative estimate of drug-likeness (QED) is 0.834. The maximum absolute atomic E-state index is 12.6. The monoisotopic (exact) mass is 355 g/mol. The van der Waals surface area contributed by atoms with Crippen molar-refractivity contribution in [3.8, 4) is 0 Å². The Morgan fingerprint density at radius 3 is 2.74 bits per heavy atom. The summed E-state index contributed by atoms with van der Waals surface area (Å²) in [6, 6.07) is 3.76. The first kappa shape index (κ1) is 16.7. The highest BCUT2D eigenvalue weighted by atomic mass is 35.5. The number of carbonyl (C=O) groups is 1. The van der Waals surface area contributed by atoms with Crippen molar-refractivity contribution in [1.29, 1.82) is 0 Å². The van der Waals surface area contributed by atoms with Crippen LogP contribution in [-0.4, -0.2) is 60.2 Å². The molecule has 0 radical (unpaired) electrons. The molecular formula is C16H22ClN3O2S. The van der Waals surface area contributed by atoms with E-state index in [0.717, 1.165) is 47.6 Å². The van der Waals surface area contributed by atoms with Gasteiger partial charge in [0.2, 0.25) is 6.10 Å². The van der Waals surface area contributed by atoms with E-state index in [1.807, 2.05) is 17.0 Å². The fourth-order valence-corrected chi connectivity index (χ4v) is 4.03. The molecule has 5 nitrogen and oxygen atoms in total. The van der Waals surface area contributed by atoms with E-state index in [0.29, 0.717) is 12.3 Å². The van der Waals surface area contributed by atoms with E-state index in [-0.39, 0.29) is 5.91 Å². The number of piperazine rings is 1. The lowest BCUT2D eigenvalue weighted by Gasteiger charge is -2.36. The molecule has 2 aliphatic rings. The molecule has 1 aromatic heterocycles. The Labute approximate surface area is 145 Å². The van der Waals surface area contributed by atoms with E-state index in [1.54, 1.807) is 0 Å². The van der Waals surface area contributed by atoms with Crippen LogP contribution >= 0.6 is 22.9 Å². The van der Waals surface area contributed by atoms with Gasteiger partial charge in [-0.15, -0.1) is 11.3 Å². The Morgan fingerprint density at radius 2 is 2.13 bits per heavy atom. The molecule has 0 saturated carbocycles. The molecule has 7 heteroatoms. The fourth-order valence-electron chi connectivity index (χ4n) is 3.00. The Balaban J connectivity index is 1.51. The Kier molecular flexibility index (Phi) is 5.24. The second-order valence-corrected chi connectivity index (χ2v) is 8.17. The summed E-state index contributed by atoms with van der Waals surface area (Å²) in [7, 11) is 0. The second-order valence-electron chi connectivity index (χ2n) is 6.46. The van der Waals surface area contributed by atoms with Crippen LogP contribution in [0.3, 0.4) is 0 Å². The number of hydrogen-bond acceptors (Lipinski definition) is 5. The predicted octanol–water partition coefficient (Wildman–Crippen LogP) is 2.69. The van der Waals surface area contributed by atoms with Gasteiger partial charge < -0.3 is 9.74 Å². The van der Waals surface area contributed by atoms with Gasteiger partial charge in [0.1, 0.15) is 5.71 Å². The highest BCUT2D eigenvalue weighted by Crippen LogP contribution is 2.27. The van der Waals surface area contributed by atoms with Crippen molar-refractivity contribution in [2.24, 2.45) is 11.1 Å². The van der Waals surface area contributed by atoms with Crippen molar-refractivity contribution in [3.05, 3.63) is 21.3 Å². The first-order valence-corrected chi connectivity index (χ1v) is 9.22. The smallest absolute Gasteiger partial charge is 0.266 e. The van der Waals surface area contributed by atoms with Gasteiger partial charge in [0.05, 0.1) is 9.21 Å². The lowest BCUT2D eigenvalue weighted by molar-refractivity contribution is -0.143. The summed E-state index contributed by atoms with van der Waals surface area (Å²) >= 11 is 7.42. The molecule has 1 saturated heterocycles. The molecule has 23 heavy (non-hydrogen) atoms. The number of hydrogen-bond donors (Lipinski definition) is 0. The minimum absolute atomic E-state index is 0.0515. The van der Waals surface area contributed by atoms with Crippen LogP contribution in [0, 0.1) is 5.92 Å². The Morgan fingerprint density at radius 1 is 1.39 bits per heavy atom. The summed E-state index contributed by atoms with van der Waals surface area (Å²) in [5.74, 6) is 0.708. The van der Waals surface area contributed by atoms with E-state index in [9.17, 15) is 4.79 Å². The van der Waals surface area contributed by atoms with Gasteiger partial charge >= 0.3 is 0 Å². The van der Waals surface area contributed by atoms with Crippen molar-refractivity contribution in [2.75, 3.05) is 32.7 Å². The molecule has 1 atom stereocenters. The highest BCUT2D eigenvalue weighted by Gasteiger charge is 2.34. The number of rotatable bonds is 4.